The summed E-state index contributed by atoms with van der Waals surface area (Å²) in [6.07, 6.45) is 0.511. The fraction of sp³-hybridized carbons (Fsp3) is 0.278. The Bertz CT molecular complexity index is 593. The zero-order chi connectivity index (χ0) is 15.6. The SMILES string of the molecule is N#Cc1ccc(OCCCSCC(O)c2ccccc2)cc1. The quantitative estimate of drug-likeness (QED) is 0.753. The molecule has 0 saturated carbocycles. The van der Waals surface area contributed by atoms with Gasteiger partial charge in [-0.15, -0.1) is 0 Å². The monoisotopic (exact) mass is 313 g/mol. The van der Waals surface area contributed by atoms with E-state index in [0.29, 0.717) is 17.9 Å². The van der Waals surface area contributed by atoms with Crippen LogP contribution >= 0.6 is 11.8 Å². The van der Waals surface area contributed by atoms with Crippen molar-refractivity contribution in [2.45, 2.75) is 12.5 Å². The Hall–Kier alpha value is -1.96. The largest absolute Gasteiger partial charge is 0.494 e. The molecule has 2 aromatic carbocycles. The molecule has 114 valence electrons. The van der Waals surface area contributed by atoms with E-state index in [-0.39, 0.29) is 0 Å². The third-order valence-electron chi connectivity index (χ3n) is 3.15. The van der Waals surface area contributed by atoms with E-state index in [9.17, 15) is 5.11 Å². The summed E-state index contributed by atoms with van der Waals surface area (Å²) in [7, 11) is 0. The number of benzene rings is 2. The molecule has 0 radical (unpaired) electrons. The second kappa shape index (κ2) is 9.14. The maximum atomic E-state index is 10.0. The summed E-state index contributed by atoms with van der Waals surface area (Å²) < 4.78 is 5.61. The van der Waals surface area contributed by atoms with Gasteiger partial charge in [0.25, 0.3) is 0 Å². The van der Waals surface area contributed by atoms with Gasteiger partial charge in [-0.1, -0.05) is 30.3 Å². The second-order valence-corrected chi connectivity index (χ2v) is 5.99. The highest BCUT2D eigenvalue weighted by molar-refractivity contribution is 7.99. The number of rotatable bonds is 8. The summed E-state index contributed by atoms with van der Waals surface area (Å²) in [5.41, 5.74) is 1.60. The lowest BCUT2D eigenvalue weighted by Gasteiger charge is -2.10. The Kier molecular flexibility index (Phi) is 6.82. The molecule has 4 heteroatoms. The first-order valence-electron chi connectivity index (χ1n) is 7.23. The summed E-state index contributed by atoms with van der Waals surface area (Å²) in [5.74, 6) is 2.43. The molecule has 0 aromatic heterocycles. The zero-order valence-corrected chi connectivity index (χ0v) is 13.1. The van der Waals surface area contributed by atoms with Gasteiger partial charge in [0.2, 0.25) is 0 Å². The highest BCUT2D eigenvalue weighted by atomic mass is 32.2. The number of hydrogen-bond donors (Lipinski definition) is 1. The van der Waals surface area contributed by atoms with Crippen LogP contribution in [-0.4, -0.2) is 23.2 Å². The van der Waals surface area contributed by atoms with Crippen LogP contribution < -0.4 is 4.74 Å². The first-order chi connectivity index (χ1) is 10.8. The van der Waals surface area contributed by atoms with Gasteiger partial charge in [0.15, 0.2) is 0 Å². The van der Waals surface area contributed by atoms with Crippen LogP contribution in [0.4, 0.5) is 0 Å². The van der Waals surface area contributed by atoms with Crippen LogP contribution in [0.25, 0.3) is 0 Å². The molecule has 0 aliphatic heterocycles. The number of hydrogen-bond acceptors (Lipinski definition) is 4. The Morgan fingerprint density at radius 3 is 2.50 bits per heavy atom. The smallest absolute Gasteiger partial charge is 0.119 e. The predicted octanol–water partition coefficient (Wildman–Crippen LogP) is 3.79. The zero-order valence-electron chi connectivity index (χ0n) is 12.3. The summed E-state index contributed by atoms with van der Waals surface area (Å²) >= 11 is 1.72. The van der Waals surface area contributed by atoms with Gasteiger partial charge < -0.3 is 9.84 Å². The molecule has 0 aliphatic rings. The number of nitriles is 1. The van der Waals surface area contributed by atoms with Gasteiger partial charge in [-0.05, 0) is 42.0 Å². The Morgan fingerprint density at radius 2 is 1.82 bits per heavy atom. The first-order valence-corrected chi connectivity index (χ1v) is 8.39. The van der Waals surface area contributed by atoms with Crippen LogP contribution in [0.2, 0.25) is 0 Å². The van der Waals surface area contributed by atoms with Crippen molar-refractivity contribution in [1.29, 1.82) is 5.26 Å². The van der Waals surface area contributed by atoms with E-state index in [0.717, 1.165) is 23.5 Å². The third kappa shape index (κ3) is 5.44. The van der Waals surface area contributed by atoms with Crippen LogP contribution in [-0.2, 0) is 0 Å². The summed E-state index contributed by atoms with van der Waals surface area (Å²) in [6.45, 7) is 0.639. The average molecular weight is 313 g/mol. The van der Waals surface area contributed by atoms with E-state index in [1.54, 1.807) is 23.9 Å². The fourth-order valence-electron chi connectivity index (χ4n) is 1.94. The number of thioether (sulfide) groups is 1. The van der Waals surface area contributed by atoms with Gasteiger partial charge >= 0.3 is 0 Å². The number of aliphatic hydroxyl groups is 1. The molecule has 2 aromatic rings. The maximum Gasteiger partial charge on any atom is 0.119 e. The molecule has 0 spiro atoms. The second-order valence-electron chi connectivity index (χ2n) is 4.84. The van der Waals surface area contributed by atoms with E-state index in [2.05, 4.69) is 6.07 Å². The average Bonchev–Trinajstić information content (AvgIpc) is 2.59. The van der Waals surface area contributed by atoms with Crippen LogP contribution in [0, 0.1) is 11.3 Å². The van der Waals surface area contributed by atoms with E-state index in [4.69, 9.17) is 10.00 Å². The molecule has 0 fully saturated rings. The standard InChI is InChI=1S/C18H19NO2S/c19-13-15-7-9-17(10-8-15)21-11-4-12-22-14-18(20)16-5-2-1-3-6-16/h1-3,5-10,18,20H,4,11-12,14H2. The van der Waals surface area contributed by atoms with E-state index in [1.165, 1.54) is 0 Å². The molecule has 0 aliphatic carbocycles. The van der Waals surface area contributed by atoms with Crippen molar-refractivity contribution in [3.8, 4) is 11.8 Å². The summed E-state index contributed by atoms with van der Waals surface area (Å²) in [6, 6.07) is 18.9. The molecule has 0 amide bonds. The van der Waals surface area contributed by atoms with Crippen LogP contribution in [0.1, 0.15) is 23.7 Å². The molecule has 0 bridgehead atoms. The lowest BCUT2D eigenvalue weighted by atomic mass is 10.1. The molecule has 3 nitrogen and oxygen atoms in total. The number of ether oxygens (including phenoxy) is 1. The Balaban J connectivity index is 1.58. The van der Waals surface area contributed by atoms with Gasteiger partial charge in [0.1, 0.15) is 5.75 Å². The highest BCUT2D eigenvalue weighted by Gasteiger charge is 2.06. The molecule has 0 heterocycles. The normalized spacial score (nSPS) is 11.6. The lowest BCUT2D eigenvalue weighted by molar-refractivity contribution is 0.204. The van der Waals surface area contributed by atoms with Crippen LogP contribution in [0.3, 0.4) is 0 Å². The maximum absolute atomic E-state index is 10.0. The van der Waals surface area contributed by atoms with Gasteiger partial charge in [-0.2, -0.15) is 17.0 Å². The van der Waals surface area contributed by atoms with E-state index >= 15 is 0 Å². The minimum atomic E-state index is -0.411. The van der Waals surface area contributed by atoms with Crippen LogP contribution in [0.5, 0.6) is 5.75 Å². The van der Waals surface area contributed by atoms with Gasteiger partial charge in [0.05, 0.1) is 24.3 Å². The Morgan fingerprint density at radius 1 is 1.09 bits per heavy atom. The number of aliphatic hydroxyl groups excluding tert-OH is 1. The molecule has 22 heavy (non-hydrogen) atoms. The molecule has 1 atom stereocenters. The van der Waals surface area contributed by atoms with E-state index in [1.807, 2.05) is 42.5 Å². The lowest BCUT2D eigenvalue weighted by Crippen LogP contribution is -2.03. The fourth-order valence-corrected chi connectivity index (χ4v) is 2.85. The highest BCUT2D eigenvalue weighted by Crippen LogP contribution is 2.18. The third-order valence-corrected chi connectivity index (χ3v) is 4.27. The van der Waals surface area contributed by atoms with Crippen molar-refractivity contribution in [2.75, 3.05) is 18.1 Å². The van der Waals surface area contributed by atoms with Crippen molar-refractivity contribution in [3.05, 3.63) is 65.7 Å². The van der Waals surface area contributed by atoms with Crippen molar-refractivity contribution in [3.63, 3.8) is 0 Å². The molecular formula is C18H19NO2S. The van der Waals surface area contributed by atoms with Gasteiger partial charge in [-0.25, -0.2) is 0 Å². The molecule has 2 rings (SSSR count). The Labute approximate surface area is 135 Å². The van der Waals surface area contributed by atoms with Crippen molar-refractivity contribution in [1.82, 2.24) is 0 Å². The molecule has 1 unspecified atom stereocenters. The minimum Gasteiger partial charge on any atom is -0.494 e. The van der Waals surface area contributed by atoms with Crippen molar-refractivity contribution in [2.24, 2.45) is 0 Å². The van der Waals surface area contributed by atoms with Crippen molar-refractivity contribution < 1.29 is 9.84 Å². The number of nitrogens with zero attached hydrogens (tertiary/aromatic N) is 1. The van der Waals surface area contributed by atoms with Crippen molar-refractivity contribution >= 4 is 11.8 Å². The molecule has 1 N–H and O–H groups in total. The van der Waals surface area contributed by atoms with E-state index < -0.39 is 6.10 Å². The summed E-state index contributed by atoms with van der Waals surface area (Å²) in [5, 5.41) is 18.7. The first kappa shape index (κ1) is 16.4. The molecule has 0 saturated heterocycles. The van der Waals surface area contributed by atoms with Gasteiger partial charge in [-0.3, -0.25) is 0 Å². The van der Waals surface area contributed by atoms with Crippen LogP contribution in [0.15, 0.2) is 54.6 Å². The topological polar surface area (TPSA) is 53.2 Å². The minimum absolute atomic E-state index is 0.411. The molecular weight excluding hydrogens is 294 g/mol. The van der Waals surface area contributed by atoms with Gasteiger partial charge in [0, 0.05) is 5.75 Å². The summed E-state index contributed by atoms with van der Waals surface area (Å²) in [4.78, 5) is 0. The predicted molar refractivity (Wildman–Crippen MR) is 90.0 cm³/mol.